The number of nitrogens with one attached hydrogen (secondary N) is 1. The Kier molecular flexibility index (Phi) is 3.20. The molecule has 0 fully saturated rings. The van der Waals surface area contributed by atoms with Crippen LogP contribution in [0.5, 0.6) is 0 Å². The van der Waals surface area contributed by atoms with Crippen LogP contribution in [0.1, 0.15) is 6.92 Å². The number of halogens is 2. The van der Waals surface area contributed by atoms with Crippen molar-refractivity contribution < 1.29 is 0 Å². The van der Waals surface area contributed by atoms with Gasteiger partial charge in [-0.2, -0.15) is 8.73 Å². The van der Waals surface area contributed by atoms with Crippen LogP contribution in [0.25, 0.3) is 0 Å². The Morgan fingerprint density at radius 2 is 2.06 bits per heavy atom. The number of rotatable bonds is 2. The van der Waals surface area contributed by atoms with Crippen LogP contribution < -0.4 is 5.32 Å². The molecule has 1 aromatic carbocycles. The van der Waals surface area contributed by atoms with Gasteiger partial charge in [-0.15, -0.1) is 6.42 Å². The molecule has 6 heteroatoms. The Morgan fingerprint density at radius 1 is 1.38 bits per heavy atom. The van der Waals surface area contributed by atoms with Crippen molar-refractivity contribution in [3.63, 3.8) is 0 Å². The largest absolute Gasteiger partial charge is 0.369 e. The molecule has 1 N–H and O–H groups in total. The summed E-state index contributed by atoms with van der Waals surface area (Å²) in [6.45, 7) is 1.86. The lowest BCUT2D eigenvalue weighted by Crippen LogP contribution is -2.12. The van der Waals surface area contributed by atoms with Gasteiger partial charge in [-0.1, -0.05) is 29.1 Å². The first-order valence-electron chi connectivity index (χ1n) is 4.46. The highest BCUT2D eigenvalue weighted by Crippen LogP contribution is 2.47. The van der Waals surface area contributed by atoms with Gasteiger partial charge >= 0.3 is 0 Å². The fourth-order valence-electron chi connectivity index (χ4n) is 1.27. The van der Waals surface area contributed by atoms with E-state index in [1.807, 2.05) is 6.92 Å². The van der Waals surface area contributed by atoms with Gasteiger partial charge in [0.15, 0.2) is 0 Å². The van der Waals surface area contributed by atoms with Crippen LogP contribution in [0.15, 0.2) is 14.8 Å². The fraction of sp³-hybridized carbons (Fsp3) is 0.200. The molecule has 1 aromatic rings. The lowest BCUT2D eigenvalue weighted by molar-refractivity contribution is 1.04. The minimum atomic E-state index is -0.136. The van der Waals surface area contributed by atoms with E-state index in [4.69, 9.17) is 29.6 Å². The number of hydrogen-bond donors (Lipinski definition) is 1. The molecule has 0 saturated heterocycles. The van der Waals surface area contributed by atoms with E-state index in [1.54, 1.807) is 6.07 Å². The van der Waals surface area contributed by atoms with Crippen molar-refractivity contribution in [2.24, 2.45) is 8.73 Å². The standard InChI is InChI=1S/C10H7Cl2N3S/c1-3-5(2)13-8-6(11)4-7(12)9-10(8)15-16-14-9/h1,4-5,13H,2H3. The molecule has 16 heavy (non-hydrogen) atoms. The zero-order chi connectivity index (χ0) is 11.7. The van der Waals surface area contributed by atoms with Gasteiger partial charge in [-0.3, -0.25) is 0 Å². The Bertz CT molecular complexity index is 556. The molecule has 0 aromatic heterocycles. The Balaban J connectivity index is 2.51. The summed E-state index contributed by atoms with van der Waals surface area (Å²) in [5.74, 6) is 2.56. The summed E-state index contributed by atoms with van der Waals surface area (Å²) in [6.07, 6.45) is 5.30. The Morgan fingerprint density at radius 3 is 2.75 bits per heavy atom. The normalized spacial score (nSPS) is 13.9. The third-order valence-electron chi connectivity index (χ3n) is 2.05. The molecule has 3 nitrogen and oxygen atoms in total. The van der Waals surface area contributed by atoms with Gasteiger partial charge in [0.25, 0.3) is 0 Å². The van der Waals surface area contributed by atoms with Crippen molar-refractivity contribution in [1.82, 2.24) is 0 Å². The van der Waals surface area contributed by atoms with E-state index in [2.05, 4.69) is 20.0 Å². The fourth-order valence-corrected chi connectivity index (χ4v) is 2.44. The van der Waals surface area contributed by atoms with Crippen LogP contribution in [-0.4, -0.2) is 6.04 Å². The molecular formula is C10H7Cl2N3S. The summed E-state index contributed by atoms with van der Waals surface area (Å²) in [5.41, 5.74) is 1.98. The lowest BCUT2D eigenvalue weighted by atomic mass is 10.2. The van der Waals surface area contributed by atoms with E-state index >= 15 is 0 Å². The Hall–Kier alpha value is -1.02. The second-order valence-electron chi connectivity index (χ2n) is 3.21. The van der Waals surface area contributed by atoms with Crippen LogP contribution in [-0.2, 0) is 11.4 Å². The van der Waals surface area contributed by atoms with Crippen LogP contribution in [0.4, 0.5) is 17.1 Å². The molecule has 1 atom stereocenters. The van der Waals surface area contributed by atoms with Crippen LogP contribution >= 0.6 is 23.2 Å². The highest BCUT2D eigenvalue weighted by atomic mass is 35.5. The van der Waals surface area contributed by atoms with Gasteiger partial charge < -0.3 is 5.32 Å². The van der Waals surface area contributed by atoms with Crippen molar-refractivity contribution in [1.29, 1.82) is 0 Å². The Labute approximate surface area is 107 Å². The molecule has 1 aliphatic rings. The maximum Gasteiger partial charge on any atom is 0.130 e. The zero-order valence-corrected chi connectivity index (χ0v) is 10.6. The first kappa shape index (κ1) is 11.5. The highest BCUT2D eigenvalue weighted by molar-refractivity contribution is 7.58. The summed E-state index contributed by atoms with van der Waals surface area (Å²) in [6, 6.07) is 1.50. The molecule has 0 spiro atoms. The van der Waals surface area contributed by atoms with Crippen LogP contribution in [0.3, 0.4) is 0 Å². The number of terminal acetylenes is 1. The maximum atomic E-state index is 6.09. The predicted octanol–water partition coefficient (Wildman–Crippen LogP) is 4.15. The number of hydrogen-bond acceptors (Lipinski definition) is 3. The van der Waals surface area contributed by atoms with Crippen molar-refractivity contribution >= 4 is 51.6 Å². The molecule has 1 aliphatic heterocycles. The van der Waals surface area contributed by atoms with Crippen molar-refractivity contribution in [2.75, 3.05) is 5.32 Å². The van der Waals surface area contributed by atoms with Gasteiger partial charge in [0.2, 0.25) is 0 Å². The quantitative estimate of drug-likeness (QED) is 0.819. The van der Waals surface area contributed by atoms with E-state index in [9.17, 15) is 0 Å². The van der Waals surface area contributed by atoms with Crippen molar-refractivity contribution in [3.05, 3.63) is 16.1 Å². The number of benzene rings is 1. The number of fused-ring (bicyclic) bond motifs is 1. The lowest BCUT2D eigenvalue weighted by Gasteiger charge is -2.13. The molecule has 1 heterocycles. The SMILES string of the molecule is C#CC(C)Nc1c(Cl)cc(Cl)c2c1N=S=N2. The maximum absolute atomic E-state index is 6.09. The van der Waals surface area contributed by atoms with Crippen LogP contribution in [0, 0.1) is 12.3 Å². The summed E-state index contributed by atoms with van der Waals surface area (Å²) < 4.78 is 8.26. The summed E-state index contributed by atoms with van der Waals surface area (Å²) in [7, 11) is 0. The summed E-state index contributed by atoms with van der Waals surface area (Å²) in [5, 5.41) is 4.08. The minimum Gasteiger partial charge on any atom is -0.369 e. The molecule has 0 aliphatic carbocycles. The molecule has 82 valence electrons. The predicted molar refractivity (Wildman–Crippen MR) is 69.9 cm³/mol. The van der Waals surface area contributed by atoms with E-state index in [0.29, 0.717) is 27.1 Å². The van der Waals surface area contributed by atoms with Gasteiger partial charge in [-0.25, -0.2) is 0 Å². The second-order valence-corrected chi connectivity index (χ2v) is 4.55. The monoisotopic (exact) mass is 271 g/mol. The summed E-state index contributed by atoms with van der Waals surface area (Å²) in [4.78, 5) is 0. The van der Waals surface area contributed by atoms with Crippen molar-refractivity contribution in [2.45, 2.75) is 13.0 Å². The molecule has 0 bridgehead atoms. The van der Waals surface area contributed by atoms with E-state index < -0.39 is 0 Å². The van der Waals surface area contributed by atoms with E-state index in [0.717, 1.165) is 11.4 Å². The third kappa shape index (κ3) is 1.94. The minimum absolute atomic E-state index is 0.136. The van der Waals surface area contributed by atoms with Crippen LogP contribution in [0.2, 0.25) is 10.0 Å². The number of anilines is 1. The average Bonchev–Trinajstić information content (AvgIpc) is 2.73. The molecule has 0 radical (unpaired) electrons. The van der Waals surface area contributed by atoms with E-state index in [1.165, 1.54) is 0 Å². The van der Waals surface area contributed by atoms with Gasteiger partial charge in [0.05, 0.1) is 33.1 Å². The first-order valence-corrected chi connectivity index (χ1v) is 5.95. The van der Waals surface area contributed by atoms with Gasteiger partial charge in [0, 0.05) is 0 Å². The van der Waals surface area contributed by atoms with Gasteiger partial charge in [-0.05, 0) is 13.0 Å². The average molecular weight is 272 g/mol. The van der Waals surface area contributed by atoms with Gasteiger partial charge in [0.1, 0.15) is 11.4 Å². The number of nitrogens with zero attached hydrogens (tertiary/aromatic N) is 2. The second kappa shape index (κ2) is 4.46. The zero-order valence-electron chi connectivity index (χ0n) is 8.29. The van der Waals surface area contributed by atoms with E-state index in [-0.39, 0.29) is 6.04 Å². The smallest absolute Gasteiger partial charge is 0.130 e. The molecule has 0 amide bonds. The topological polar surface area (TPSA) is 36.8 Å². The van der Waals surface area contributed by atoms with Crippen molar-refractivity contribution in [3.8, 4) is 12.3 Å². The molecule has 0 saturated carbocycles. The molecule has 1 unspecified atom stereocenters. The molecular weight excluding hydrogens is 265 g/mol. The first-order chi connectivity index (χ1) is 7.63. The highest BCUT2D eigenvalue weighted by Gasteiger charge is 2.19. The summed E-state index contributed by atoms with van der Waals surface area (Å²) >= 11 is 13.2. The third-order valence-corrected chi connectivity index (χ3v) is 3.17. The molecule has 2 rings (SSSR count).